The zero-order chi connectivity index (χ0) is 16.9. The highest BCUT2D eigenvalue weighted by atomic mass is 32.2. The van der Waals surface area contributed by atoms with E-state index >= 15 is 0 Å². The summed E-state index contributed by atoms with van der Waals surface area (Å²) in [4.78, 5) is 13.8. The van der Waals surface area contributed by atoms with E-state index in [9.17, 15) is 13.2 Å². The highest BCUT2D eigenvalue weighted by molar-refractivity contribution is 7.89. The van der Waals surface area contributed by atoms with Crippen molar-refractivity contribution in [1.82, 2.24) is 9.21 Å². The van der Waals surface area contributed by atoms with Gasteiger partial charge >= 0.3 is 5.97 Å². The lowest BCUT2D eigenvalue weighted by Crippen LogP contribution is -2.37. The van der Waals surface area contributed by atoms with Gasteiger partial charge < -0.3 is 4.74 Å². The largest absolute Gasteiger partial charge is 0.465 e. The fourth-order valence-corrected chi connectivity index (χ4v) is 4.06. The number of esters is 1. The normalized spacial score (nSPS) is 17.7. The topological polar surface area (TPSA) is 66.9 Å². The van der Waals surface area contributed by atoms with Gasteiger partial charge in [-0.1, -0.05) is 17.7 Å². The third-order valence-electron chi connectivity index (χ3n) is 3.86. The van der Waals surface area contributed by atoms with Crippen LogP contribution < -0.4 is 0 Å². The van der Waals surface area contributed by atoms with Gasteiger partial charge in [0.25, 0.3) is 0 Å². The smallest absolute Gasteiger partial charge is 0.320 e. The second-order valence-electron chi connectivity index (χ2n) is 5.65. The first-order chi connectivity index (χ1) is 10.9. The van der Waals surface area contributed by atoms with Crippen molar-refractivity contribution in [3.63, 3.8) is 0 Å². The standard InChI is InChI=1S/C16H24N2O4S/c1-3-22-16(19)13-17-9-4-10-18(12-11-17)23(20,21)15-7-5-14(2)6-8-15/h5-8H,3-4,9-13H2,1-2H3. The fourth-order valence-electron chi connectivity index (χ4n) is 2.59. The number of rotatable bonds is 5. The quantitative estimate of drug-likeness (QED) is 0.755. The molecule has 0 N–H and O–H groups in total. The second kappa shape index (κ2) is 7.90. The summed E-state index contributed by atoms with van der Waals surface area (Å²) < 4.78 is 31.8. The lowest BCUT2D eigenvalue weighted by Gasteiger charge is -2.21. The molecule has 6 nitrogen and oxygen atoms in total. The van der Waals surface area contributed by atoms with Crippen molar-refractivity contribution in [2.24, 2.45) is 0 Å². The molecule has 2 rings (SSSR count). The van der Waals surface area contributed by atoms with Gasteiger partial charge in [0.15, 0.2) is 0 Å². The SMILES string of the molecule is CCOC(=O)CN1CCCN(S(=O)(=O)c2ccc(C)cc2)CC1. The zero-order valence-electron chi connectivity index (χ0n) is 13.7. The average molecular weight is 340 g/mol. The van der Waals surface area contributed by atoms with Gasteiger partial charge in [0.05, 0.1) is 18.0 Å². The monoisotopic (exact) mass is 340 g/mol. The van der Waals surface area contributed by atoms with E-state index in [0.717, 1.165) is 5.56 Å². The van der Waals surface area contributed by atoms with Gasteiger partial charge in [-0.25, -0.2) is 8.42 Å². The Morgan fingerprint density at radius 1 is 1.13 bits per heavy atom. The number of sulfonamides is 1. The number of ether oxygens (including phenoxy) is 1. The first kappa shape index (κ1) is 17.9. The van der Waals surface area contributed by atoms with Crippen molar-refractivity contribution in [2.75, 3.05) is 39.3 Å². The molecule has 7 heteroatoms. The Kier molecular flexibility index (Phi) is 6.15. The van der Waals surface area contributed by atoms with Crippen LogP contribution in [-0.4, -0.2) is 62.9 Å². The van der Waals surface area contributed by atoms with Crippen molar-refractivity contribution in [1.29, 1.82) is 0 Å². The maximum atomic E-state index is 12.7. The molecule has 0 unspecified atom stereocenters. The zero-order valence-corrected chi connectivity index (χ0v) is 14.5. The first-order valence-corrected chi connectivity index (χ1v) is 9.32. The predicted molar refractivity (Wildman–Crippen MR) is 87.6 cm³/mol. The number of carbonyl (C=O) groups is 1. The maximum absolute atomic E-state index is 12.7. The lowest BCUT2D eigenvalue weighted by atomic mass is 10.2. The molecule has 128 valence electrons. The minimum atomic E-state index is -3.47. The van der Waals surface area contributed by atoms with Gasteiger partial charge in [-0.2, -0.15) is 4.31 Å². The van der Waals surface area contributed by atoms with Crippen LogP contribution >= 0.6 is 0 Å². The molecular formula is C16H24N2O4S. The van der Waals surface area contributed by atoms with Crippen LogP contribution in [0.15, 0.2) is 29.2 Å². The molecule has 1 aromatic rings. The molecule has 23 heavy (non-hydrogen) atoms. The summed E-state index contributed by atoms with van der Waals surface area (Å²) in [5, 5.41) is 0. The van der Waals surface area contributed by atoms with Gasteiger partial charge in [-0.15, -0.1) is 0 Å². The fraction of sp³-hybridized carbons (Fsp3) is 0.562. The Morgan fingerprint density at radius 3 is 2.48 bits per heavy atom. The lowest BCUT2D eigenvalue weighted by molar-refractivity contribution is -0.144. The molecule has 1 aliphatic rings. The highest BCUT2D eigenvalue weighted by Gasteiger charge is 2.27. The van der Waals surface area contributed by atoms with Gasteiger partial charge in [0.1, 0.15) is 0 Å². The van der Waals surface area contributed by atoms with Crippen molar-refractivity contribution >= 4 is 16.0 Å². The third-order valence-corrected chi connectivity index (χ3v) is 5.78. The van der Waals surface area contributed by atoms with Crippen LogP contribution in [0.2, 0.25) is 0 Å². The van der Waals surface area contributed by atoms with E-state index in [1.54, 1.807) is 31.2 Å². The molecule has 1 aliphatic heterocycles. The van der Waals surface area contributed by atoms with Gasteiger partial charge in [-0.3, -0.25) is 9.69 Å². The number of benzene rings is 1. The van der Waals surface area contributed by atoms with Crippen molar-refractivity contribution in [3.05, 3.63) is 29.8 Å². The van der Waals surface area contributed by atoms with Crippen LogP contribution in [0.4, 0.5) is 0 Å². The summed E-state index contributed by atoms with van der Waals surface area (Å²) in [5.41, 5.74) is 1.03. The van der Waals surface area contributed by atoms with Crippen LogP contribution in [0.5, 0.6) is 0 Å². The maximum Gasteiger partial charge on any atom is 0.320 e. The summed E-state index contributed by atoms with van der Waals surface area (Å²) in [6.45, 7) is 6.35. The van der Waals surface area contributed by atoms with Crippen molar-refractivity contribution < 1.29 is 17.9 Å². The molecule has 0 aromatic heterocycles. The van der Waals surface area contributed by atoms with Crippen LogP contribution in [0, 0.1) is 6.92 Å². The van der Waals surface area contributed by atoms with E-state index in [1.807, 2.05) is 11.8 Å². The predicted octanol–water partition coefficient (Wildman–Crippen LogP) is 1.25. The number of hydrogen-bond donors (Lipinski definition) is 0. The molecule has 1 fully saturated rings. The molecule has 0 spiro atoms. The summed E-state index contributed by atoms with van der Waals surface area (Å²) >= 11 is 0. The minimum absolute atomic E-state index is 0.215. The Hall–Kier alpha value is -1.44. The van der Waals surface area contributed by atoms with Crippen molar-refractivity contribution in [3.8, 4) is 0 Å². The van der Waals surface area contributed by atoms with Gasteiger partial charge in [-0.05, 0) is 32.4 Å². The minimum Gasteiger partial charge on any atom is -0.465 e. The van der Waals surface area contributed by atoms with E-state index in [4.69, 9.17) is 4.74 Å². The van der Waals surface area contributed by atoms with E-state index in [1.165, 1.54) is 4.31 Å². The van der Waals surface area contributed by atoms with Crippen LogP contribution in [0.1, 0.15) is 18.9 Å². The summed E-state index contributed by atoms with van der Waals surface area (Å²) in [6.07, 6.45) is 0.699. The number of nitrogens with zero attached hydrogens (tertiary/aromatic N) is 2. The molecule has 1 saturated heterocycles. The molecule has 0 aliphatic carbocycles. The van der Waals surface area contributed by atoms with Crippen LogP contribution in [0.3, 0.4) is 0 Å². The molecule has 0 saturated carbocycles. The summed E-state index contributed by atoms with van der Waals surface area (Å²) in [7, 11) is -3.47. The molecule has 1 heterocycles. The Balaban J connectivity index is 2.02. The Labute approximate surface area is 138 Å². The molecule has 0 bridgehead atoms. The van der Waals surface area contributed by atoms with E-state index in [2.05, 4.69) is 0 Å². The van der Waals surface area contributed by atoms with E-state index < -0.39 is 10.0 Å². The van der Waals surface area contributed by atoms with E-state index in [0.29, 0.717) is 44.1 Å². The highest BCUT2D eigenvalue weighted by Crippen LogP contribution is 2.18. The van der Waals surface area contributed by atoms with Gasteiger partial charge in [0, 0.05) is 26.2 Å². The number of hydrogen-bond acceptors (Lipinski definition) is 5. The van der Waals surface area contributed by atoms with Crippen LogP contribution in [-0.2, 0) is 19.6 Å². The number of aryl methyl sites for hydroxylation is 1. The molecule has 1 aromatic carbocycles. The van der Waals surface area contributed by atoms with Crippen molar-refractivity contribution in [2.45, 2.75) is 25.2 Å². The van der Waals surface area contributed by atoms with E-state index in [-0.39, 0.29) is 12.5 Å². The molecule has 0 amide bonds. The number of carbonyl (C=O) groups excluding carboxylic acids is 1. The Morgan fingerprint density at radius 2 is 1.83 bits per heavy atom. The Bertz CT molecular complexity index is 628. The third kappa shape index (κ3) is 4.76. The van der Waals surface area contributed by atoms with Gasteiger partial charge in [0.2, 0.25) is 10.0 Å². The molecule has 0 radical (unpaired) electrons. The summed E-state index contributed by atoms with van der Waals surface area (Å²) in [5.74, 6) is -0.262. The van der Waals surface area contributed by atoms with Crippen LogP contribution in [0.25, 0.3) is 0 Å². The average Bonchev–Trinajstić information content (AvgIpc) is 2.74. The molecule has 0 atom stereocenters. The molecular weight excluding hydrogens is 316 g/mol. The first-order valence-electron chi connectivity index (χ1n) is 7.88. The second-order valence-corrected chi connectivity index (χ2v) is 7.59. The summed E-state index contributed by atoms with van der Waals surface area (Å²) in [6, 6.07) is 6.90.